The maximum absolute atomic E-state index is 11.0. The fourth-order valence-corrected chi connectivity index (χ4v) is 1.45. The lowest BCUT2D eigenvalue weighted by Crippen LogP contribution is -2.42. The average molecular weight is 230 g/mol. The molecule has 0 aliphatic rings. The number of carbonyl (C=O) groups is 2. The first kappa shape index (κ1) is 14.9. The second-order valence-corrected chi connectivity index (χ2v) is 5.81. The van der Waals surface area contributed by atoms with Crippen molar-refractivity contribution < 1.29 is 19.8 Å². The van der Waals surface area contributed by atoms with Gasteiger partial charge >= 0.3 is 11.9 Å². The molecule has 0 fully saturated rings. The summed E-state index contributed by atoms with van der Waals surface area (Å²) in [4.78, 5) is 22.1. The summed E-state index contributed by atoms with van der Waals surface area (Å²) < 4.78 is 0. The Morgan fingerprint density at radius 3 is 1.69 bits per heavy atom. The summed E-state index contributed by atoms with van der Waals surface area (Å²) in [5.41, 5.74) is -1.60. The highest BCUT2D eigenvalue weighted by atomic mass is 16.4. The minimum absolute atomic E-state index is 0.0895. The van der Waals surface area contributed by atoms with Crippen molar-refractivity contribution in [3.63, 3.8) is 0 Å². The Kier molecular flexibility index (Phi) is 4.53. The Balaban J connectivity index is 4.72. The molecule has 94 valence electrons. The molecule has 0 aromatic heterocycles. The monoisotopic (exact) mass is 230 g/mol. The summed E-state index contributed by atoms with van der Waals surface area (Å²) in [5.74, 6) is -2.91. The van der Waals surface area contributed by atoms with Crippen LogP contribution in [0, 0.1) is 16.7 Å². The molecular formula is C12H22O4. The molecule has 0 amide bonds. The summed E-state index contributed by atoms with van der Waals surface area (Å²) in [6.45, 7) is 9.13. The third-order valence-electron chi connectivity index (χ3n) is 3.20. The van der Waals surface area contributed by atoms with Gasteiger partial charge in [-0.2, -0.15) is 0 Å². The number of rotatable bonds is 5. The molecule has 0 saturated carbocycles. The van der Waals surface area contributed by atoms with Crippen molar-refractivity contribution in [3.8, 4) is 0 Å². The second kappa shape index (κ2) is 4.85. The third kappa shape index (κ3) is 3.51. The standard InChI is InChI=1S/C12H22O4/c1-8(6-7-11(2,3)4)12(5,9(13)14)10(15)16/h8H,6-7H2,1-5H3,(H,13,14)(H,15,16). The van der Waals surface area contributed by atoms with E-state index >= 15 is 0 Å². The maximum Gasteiger partial charge on any atom is 0.321 e. The van der Waals surface area contributed by atoms with E-state index in [1.54, 1.807) is 6.92 Å². The summed E-state index contributed by atoms with van der Waals surface area (Å²) in [6, 6.07) is 0. The van der Waals surface area contributed by atoms with Crippen molar-refractivity contribution in [3.05, 3.63) is 0 Å². The Labute approximate surface area is 96.7 Å². The largest absolute Gasteiger partial charge is 0.480 e. The number of aliphatic carboxylic acids is 2. The van der Waals surface area contributed by atoms with E-state index in [9.17, 15) is 9.59 Å². The van der Waals surface area contributed by atoms with Gasteiger partial charge in [-0.05, 0) is 31.1 Å². The lowest BCUT2D eigenvalue weighted by atomic mass is 9.73. The van der Waals surface area contributed by atoms with Gasteiger partial charge < -0.3 is 10.2 Å². The molecule has 0 aromatic carbocycles. The van der Waals surface area contributed by atoms with Gasteiger partial charge in [0.1, 0.15) is 0 Å². The van der Waals surface area contributed by atoms with E-state index < -0.39 is 17.4 Å². The molecule has 0 aliphatic heterocycles. The van der Waals surface area contributed by atoms with Gasteiger partial charge in [-0.25, -0.2) is 0 Å². The molecule has 16 heavy (non-hydrogen) atoms. The fourth-order valence-electron chi connectivity index (χ4n) is 1.45. The molecule has 2 N–H and O–H groups in total. The highest BCUT2D eigenvalue weighted by molar-refractivity contribution is 5.98. The molecule has 0 radical (unpaired) electrons. The van der Waals surface area contributed by atoms with E-state index in [2.05, 4.69) is 20.8 Å². The first-order valence-electron chi connectivity index (χ1n) is 5.48. The smallest absolute Gasteiger partial charge is 0.321 e. The Morgan fingerprint density at radius 2 is 1.44 bits per heavy atom. The molecule has 1 unspecified atom stereocenters. The van der Waals surface area contributed by atoms with Crippen molar-refractivity contribution in [1.29, 1.82) is 0 Å². The van der Waals surface area contributed by atoms with Gasteiger partial charge in [0.05, 0.1) is 0 Å². The van der Waals surface area contributed by atoms with Crippen LogP contribution in [0.1, 0.15) is 47.5 Å². The fraction of sp³-hybridized carbons (Fsp3) is 0.833. The number of hydrogen-bond acceptors (Lipinski definition) is 2. The van der Waals surface area contributed by atoms with Gasteiger partial charge in [0.25, 0.3) is 0 Å². The predicted octanol–water partition coefficient (Wildman–Crippen LogP) is 2.62. The van der Waals surface area contributed by atoms with E-state index in [1.807, 2.05) is 0 Å². The van der Waals surface area contributed by atoms with Gasteiger partial charge in [0.15, 0.2) is 5.41 Å². The van der Waals surface area contributed by atoms with Crippen LogP contribution in [0.25, 0.3) is 0 Å². The van der Waals surface area contributed by atoms with Crippen molar-refractivity contribution >= 4 is 11.9 Å². The molecule has 0 aliphatic carbocycles. The molecule has 0 saturated heterocycles. The molecule has 4 heteroatoms. The van der Waals surface area contributed by atoms with Crippen LogP contribution in [-0.2, 0) is 9.59 Å². The Morgan fingerprint density at radius 1 is 1.06 bits per heavy atom. The molecular weight excluding hydrogens is 208 g/mol. The SMILES string of the molecule is CC(CCC(C)(C)C)C(C)(C(=O)O)C(=O)O. The first-order chi connectivity index (χ1) is 7.01. The number of hydrogen-bond donors (Lipinski definition) is 2. The van der Waals surface area contributed by atoms with Crippen LogP contribution >= 0.6 is 0 Å². The van der Waals surface area contributed by atoms with Gasteiger partial charge in [0.2, 0.25) is 0 Å². The lowest BCUT2D eigenvalue weighted by Gasteiger charge is -2.29. The van der Waals surface area contributed by atoms with Gasteiger partial charge in [-0.3, -0.25) is 9.59 Å². The molecule has 0 rings (SSSR count). The molecule has 0 heterocycles. The Bertz CT molecular complexity index is 261. The second-order valence-electron chi connectivity index (χ2n) is 5.81. The van der Waals surface area contributed by atoms with E-state index in [0.717, 1.165) is 6.42 Å². The van der Waals surface area contributed by atoms with E-state index in [-0.39, 0.29) is 11.3 Å². The van der Waals surface area contributed by atoms with Crippen molar-refractivity contribution in [2.45, 2.75) is 47.5 Å². The summed E-state index contributed by atoms with van der Waals surface area (Å²) in [5, 5.41) is 18.0. The van der Waals surface area contributed by atoms with Gasteiger partial charge in [-0.15, -0.1) is 0 Å². The first-order valence-corrected chi connectivity index (χ1v) is 5.48. The number of carboxylic acids is 2. The molecule has 0 aromatic rings. The summed E-state index contributed by atoms with van der Waals surface area (Å²) >= 11 is 0. The minimum atomic E-state index is -1.69. The highest BCUT2D eigenvalue weighted by Gasteiger charge is 2.46. The third-order valence-corrected chi connectivity index (χ3v) is 3.20. The van der Waals surface area contributed by atoms with Crippen LogP contribution in [-0.4, -0.2) is 22.2 Å². The van der Waals surface area contributed by atoms with E-state index in [1.165, 1.54) is 6.92 Å². The van der Waals surface area contributed by atoms with Crippen molar-refractivity contribution in [2.75, 3.05) is 0 Å². The van der Waals surface area contributed by atoms with Crippen LogP contribution in [0.4, 0.5) is 0 Å². The topological polar surface area (TPSA) is 74.6 Å². The zero-order chi connectivity index (χ0) is 13.1. The van der Waals surface area contributed by atoms with Gasteiger partial charge in [0, 0.05) is 0 Å². The van der Waals surface area contributed by atoms with Crippen LogP contribution in [0.3, 0.4) is 0 Å². The average Bonchev–Trinajstić information content (AvgIpc) is 2.10. The lowest BCUT2D eigenvalue weighted by molar-refractivity contribution is -0.167. The summed E-state index contributed by atoms with van der Waals surface area (Å²) in [7, 11) is 0. The normalized spacial score (nSPS) is 14.6. The molecule has 4 nitrogen and oxygen atoms in total. The molecule has 0 bridgehead atoms. The summed E-state index contributed by atoms with van der Waals surface area (Å²) in [6.07, 6.45) is 1.41. The van der Waals surface area contributed by atoms with Crippen LogP contribution < -0.4 is 0 Å². The van der Waals surface area contributed by atoms with E-state index in [0.29, 0.717) is 6.42 Å². The van der Waals surface area contributed by atoms with E-state index in [4.69, 9.17) is 10.2 Å². The van der Waals surface area contributed by atoms with Crippen molar-refractivity contribution in [1.82, 2.24) is 0 Å². The zero-order valence-electron chi connectivity index (χ0n) is 10.7. The van der Waals surface area contributed by atoms with Gasteiger partial charge in [-0.1, -0.05) is 27.7 Å². The quantitative estimate of drug-likeness (QED) is 0.712. The molecule has 1 atom stereocenters. The molecule has 0 spiro atoms. The zero-order valence-corrected chi connectivity index (χ0v) is 10.7. The van der Waals surface area contributed by atoms with Crippen molar-refractivity contribution in [2.24, 2.45) is 16.7 Å². The van der Waals surface area contributed by atoms with Crippen LogP contribution in [0.5, 0.6) is 0 Å². The highest BCUT2D eigenvalue weighted by Crippen LogP contribution is 2.34. The van der Waals surface area contributed by atoms with Crippen LogP contribution in [0.2, 0.25) is 0 Å². The Hall–Kier alpha value is -1.06. The minimum Gasteiger partial charge on any atom is -0.480 e. The predicted molar refractivity (Wildman–Crippen MR) is 61.2 cm³/mol. The van der Waals surface area contributed by atoms with Crippen LogP contribution in [0.15, 0.2) is 0 Å². The maximum atomic E-state index is 11.0. The number of carboxylic acid groups (broad SMARTS) is 2.